The van der Waals surface area contributed by atoms with Gasteiger partial charge in [-0.25, -0.2) is 9.37 Å². The second-order valence-corrected chi connectivity index (χ2v) is 5.24. The van der Waals surface area contributed by atoms with Gasteiger partial charge in [0.05, 0.1) is 12.0 Å². The molecule has 0 fully saturated rings. The van der Waals surface area contributed by atoms with E-state index in [1.807, 2.05) is 0 Å². The number of furan rings is 1. The molecular weight excluding hydrogens is 303 g/mol. The number of carbonyl (C=O) groups excluding carboxylic acids is 1. The average molecular weight is 314 g/mol. The number of carbonyl (C=O) groups is 1. The normalized spacial score (nSPS) is 11.0. The monoisotopic (exact) mass is 314 g/mol. The first-order valence-corrected chi connectivity index (χ1v) is 7.33. The number of amides is 1. The van der Waals surface area contributed by atoms with E-state index in [1.165, 1.54) is 35.8 Å². The molecule has 0 radical (unpaired) electrons. The number of halogens is 1. The van der Waals surface area contributed by atoms with E-state index < -0.39 is 0 Å². The summed E-state index contributed by atoms with van der Waals surface area (Å²) in [6, 6.07) is 9.53. The number of nitrogens with one attached hydrogen (secondary N) is 1. The van der Waals surface area contributed by atoms with Gasteiger partial charge >= 0.3 is 0 Å². The van der Waals surface area contributed by atoms with E-state index in [4.69, 9.17) is 4.42 Å². The lowest BCUT2D eigenvalue weighted by atomic mass is 10.2. The lowest BCUT2D eigenvalue weighted by molar-refractivity contribution is -0.111. The molecule has 0 saturated heterocycles. The third kappa shape index (κ3) is 3.48. The van der Waals surface area contributed by atoms with Crippen LogP contribution >= 0.6 is 11.3 Å². The summed E-state index contributed by atoms with van der Waals surface area (Å²) in [6.07, 6.45) is 4.48. The fourth-order valence-electron chi connectivity index (χ4n) is 1.78. The van der Waals surface area contributed by atoms with Gasteiger partial charge in [-0.3, -0.25) is 10.1 Å². The zero-order valence-electron chi connectivity index (χ0n) is 11.3. The highest BCUT2D eigenvalue weighted by molar-refractivity contribution is 7.14. The molecule has 3 aromatic rings. The Bertz CT molecular complexity index is 792. The molecule has 0 aliphatic rings. The summed E-state index contributed by atoms with van der Waals surface area (Å²) in [6.45, 7) is 0. The molecule has 0 aliphatic carbocycles. The molecule has 22 heavy (non-hydrogen) atoms. The number of thiazole rings is 1. The van der Waals surface area contributed by atoms with Gasteiger partial charge in [-0.1, -0.05) is 0 Å². The van der Waals surface area contributed by atoms with E-state index in [2.05, 4.69) is 10.3 Å². The van der Waals surface area contributed by atoms with Gasteiger partial charge < -0.3 is 4.42 Å². The minimum Gasteiger partial charge on any atom is -0.465 e. The van der Waals surface area contributed by atoms with E-state index in [0.29, 0.717) is 16.6 Å². The maximum Gasteiger partial charge on any atom is 0.250 e. The van der Waals surface area contributed by atoms with Crippen molar-refractivity contribution in [1.29, 1.82) is 0 Å². The molecule has 0 atom stereocenters. The van der Waals surface area contributed by atoms with Crippen molar-refractivity contribution in [3.63, 3.8) is 0 Å². The standard InChI is InChI=1S/C16H11FN2O2S/c17-12-5-3-11(4-6-12)14-10-22-16(18-14)19-15(20)8-7-13-2-1-9-21-13/h1-10H,(H,18,19,20)/b8-7+. The summed E-state index contributed by atoms with van der Waals surface area (Å²) in [4.78, 5) is 16.1. The van der Waals surface area contributed by atoms with Crippen LogP contribution in [0, 0.1) is 5.82 Å². The maximum absolute atomic E-state index is 12.9. The lowest BCUT2D eigenvalue weighted by Gasteiger charge is -1.97. The largest absolute Gasteiger partial charge is 0.465 e. The molecule has 0 saturated carbocycles. The van der Waals surface area contributed by atoms with Crippen LogP contribution in [0.3, 0.4) is 0 Å². The topological polar surface area (TPSA) is 55.1 Å². The Hall–Kier alpha value is -2.73. The van der Waals surface area contributed by atoms with Crippen molar-refractivity contribution in [2.24, 2.45) is 0 Å². The molecule has 6 heteroatoms. The van der Waals surface area contributed by atoms with Gasteiger partial charge in [0.1, 0.15) is 11.6 Å². The molecule has 1 amide bonds. The van der Waals surface area contributed by atoms with Gasteiger partial charge in [0, 0.05) is 17.0 Å². The molecular formula is C16H11FN2O2S. The van der Waals surface area contributed by atoms with Gasteiger partial charge in [0.15, 0.2) is 5.13 Å². The smallest absolute Gasteiger partial charge is 0.250 e. The van der Waals surface area contributed by atoms with Crippen LogP contribution in [-0.2, 0) is 4.79 Å². The third-order valence-electron chi connectivity index (χ3n) is 2.82. The molecule has 0 bridgehead atoms. The van der Waals surface area contributed by atoms with E-state index in [0.717, 1.165) is 5.56 Å². The Morgan fingerprint density at radius 2 is 2.09 bits per heavy atom. The molecule has 2 aromatic heterocycles. The van der Waals surface area contributed by atoms with Crippen LogP contribution in [0.1, 0.15) is 5.76 Å². The predicted octanol–water partition coefficient (Wildman–Crippen LogP) is 4.19. The molecule has 0 aliphatic heterocycles. The van der Waals surface area contributed by atoms with Crippen molar-refractivity contribution in [3.8, 4) is 11.3 Å². The average Bonchev–Trinajstić information content (AvgIpc) is 3.17. The van der Waals surface area contributed by atoms with Crippen LogP contribution in [0.5, 0.6) is 0 Å². The molecule has 1 N–H and O–H groups in total. The number of anilines is 1. The van der Waals surface area contributed by atoms with Crippen LogP contribution in [-0.4, -0.2) is 10.9 Å². The quantitative estimate of drug-likeness (QED) is 0.734. The zero-order valence-corrected chi connectivity index (χ0v) is 12.1. The number of hydrogen-bond donors (Lipinski definition) is 1. The van der Waals surface area contributed by atoms with Crippen molar-refractivity contribution in [1.82, 2.24) is 4.98 Å². The summed E-state index contributed by atoms with van der Waals surface area (Å²) in [5.41, 5.74) is 1.49. The van der Waals surface area contributed by atoms with Crippen LogP contribution in [0.25, 0.3) is 17.3 Å². The van der Waals surface area contributed by atoms with Crippen molar-refractivity contribution in [2.75, 3.05) is 5.32 Å². The Morgan fingerprint density at radius 3 is 2.82 bits per heavy atom. The van der Waals surface area contributed by atoms with Crippen molar-refractivity contribution in [3.05, 3.63) is 65.7 Å². The summed E-state index contributed by atoms with van der Waals surface area (Å²) >= 11 is 1.31. The van der Waals surface area contributed by atoms with Crippen LogP contribution in [0.4, 0.5) is 9.52 Å². The van der Waals surface area contributed by atoms with E-state index >= 15 is 0 Å². The predicted molar refractivity (Wildman–Crippen MR) is 83.9 cm³/mol. The summed E-state index contributed by atoms with van der Waals surface area (Å²) in [7, 11) is 0. The summed E-state index contributed by atoms with van der Waals surface area (Å²) < 4.78 is 18.0. The molecule has 2 heterocycles. The summed E-state index contributed by atoms with van der Waals surface area (Å²) in [5.74, 6) is 0.00765. The molecule has 110 valence electrons. The van der Waals surface area contributed by atoms with Gasteiger partial charge in [-0.15, -0.1) is 11.3 Å². The Morgan fingerprint density at radius 1 is 1.27 bits per heavy atom. The molecule has 1 aromatic carbocycles. The van der Waals surface area contributed by atoms with Crippen molar-refractivity contribution < 1.29 is 13.6 Å². The second kappa shape index (κ2) is 6.36. The first kappa shape index (κ1) is 14.2. The number of hydrogen-bond acceptors (Lipinski definition) is 4. The fraction of sp³-hybridized carbons (Fsp3) is 0. The van der Waals surface area contributed by atoms with Crippen LogP contribution in [0.15, 0.2) is 58.5 Å². The van der Waals surface area contributed by atoms with E-state index in [9.17, 15) is 9.18 Å². The summed E-state index contributed by atoms with van der Waals surface area (Å²) in [5, 5.41) is 4.96. The fourth-order valence-corrected chi connectivity index (χ4v) is 2.50. The molecule has 0 spiro atoms. The first-order chi connectivity index (χ1) is 10.7. The number of benzene rings is 1. The third-order valence-corrected chi connectivity index (χ3v) is 3.57. The molecule has 3 rings (SSSR count). The minimum absolute atomic E-state index is 0.295. The van der Waals surface area contributed by atoms with Crippen LogP contribution in [0.2, 0.25) is 0 Å². The van der Waals surface area contributed by atoms with Gasteiger partial charge in [0.25, 0.3) is 0 Å². The van der Waals surface area contributed by atoms with E-state index in [-0.39, 0.29) is 11.7 Å². The Kier molecular flexibility index (Phi) is 4.11. The Labute approximate surface area is 129 Å². The maximum atomic E-state index is 12.9. The zero-order chi connectivity index (χ0) is 15.4. The first-order valence-electron chi connectivity index (χ1n) is 6.45. The highest BCUT2D eigenvalue weighted by atomic mass is 32.1. The van der Waals surface area contributed by atoms with Crippen molar-refractivity contribution in [2.45, 2.75) is 0 Å². The SMILES string of the molecule is O=C(/C=C/c1ccco1)Nc1nc(-c2ccc(F)cc2)cs1. The van der Waals surface area contributed by atoms with Gasteiger partial charge in [0.2, 0.25) is 5.91 Å². The molecule has 0 unspecified atom stereocenters. The van der Waals surface area contributed by atoms with Crippen molar-refractivity contribution >= 4 is 28.5 Å². The van der Waals surface area contributed by atoms with Crippen LogP contribution < -0.4 is 5.32 Å². The highest BCUT2D eigenvalue weighted by Gasteiger charge is 2.06. The molecule has 4 nitrogen and oxygen atoms in total. The van der Waals surface area contributed by atoms with Gasteiger partial charge in [-0.2, -0.15) is 0 Å². The number of nitrogens with zero attached hydrogens (tertiary/aromatic N) is 1. The second-order valence-electron chi connectivity index (χ2n) is 4.38. The number of rotatable bonds is 4. The minimum atomic E-state index is -0.296. The lowest BCUT2D eigenvalue weighted by Crippen LogP contribution is -2.07. The highest BCUT2D eigenvalue weighted by Crippen LogP contribution is 2.25. The Balaban J connectivity index is 1.66. The number of aromatic nitrogens is 1. The van der Waals surface area contributed by atoms with Gasteiger partial charge in [-0.05, 0) is 42.5 Å². The van der Waals surface area contributed by atoms with E-state index in [1.54, 1.807) is 35.7 Å².